The molecule has 0 aromatic rings. The van der Waals surface area contributed by atoms with Gasteiger partial charge in [0, 0.05) is 66.0 Å². The van der Waals surface area contributed by atoms with Crippen LogP contribution in [0.4, 0.5) is 0 Å². The van der Waals surface area contributed by atoms with Crippen LogP contribution in [-0.2, 0) is 33.4 Å². The van der Waals surface area contributed by atoms with Crippen molar-refractivity contribution in [1.82, 2.24) is 24.5 Å². The lowest BCUT2D eigenvalue weighted by molar-refractivity contribution is -0.158. The predicted octanol–water partition coefficient (Wildman–Crippen LogP) is 2.35. The Morgan fingerprint density at radius 1 is 0.533 bits per heavy atom. The summed E-state index contributed by atoms with van der Waals surface area (Å²) in [6.45, 7) is 26.0. The highest BCUT2D eigenvalue weighted by Gasteiger charge is 2.26. The normalized spacial score (nSPS) is 17.7. The number of ether oxygens (including phenoxy) is 3. The lowest BCUT2D eigenvalue weighted by Crippen LogP contribution is -2.50. The number of carbonyl (C=O) groups is 4. The maximum Gasteiger partial charge on any atom is 0.320 e. The smallest absolute Gasteiger partial charge is 0.320 e. The molecule has 1 heterocycles. The van der Waals surface area contributed by atoms with E-state index in [9.17, 15) is 19.2 Å². The molecule has 12 heteroatoms. The van der Waals surface area contributed by atoms with E-state index in [4.69, 9.17) is 14.2 Å². The first-order valence-corrected chi connectivity index (χ1v) is 16.3. The number of amides is 1. The Balaban J connectivity index is 3.25. The molecule has 0 aromatic carbocycles. The molecule has 0 radical (unpaired) electrons. The zero-order chi connectivity index (χ0) is 34.6. The third-order valence-corrected chi connectivity index (χ3v) is 6.67. The van der Waals surface area contributed by atoms with E-state index in [1.807, 2.05) is 84.1 Å². The highest BCUT2D eigenvalue weighted by atomic mass is 16.6. The maximum absolute atomic E-state index is 13.2. The summed E-state index contributed by atoms with van der Waals surface area (Å²) in [6.07, 6.45) is 0. The molecule has 1 saturated heterocycles. The van der Waals surface area contributed by atoms with Gasteiger partial charge in [0.2, 0.25) is 5.91 Å². The molecule has 1 fully saturated rings. The number of rotatable bonds is 10. The maximum atomic E-state index is 13.2. The standard InChI is InChI=1S/C33H63N5O7/c1-26(2)21-34(12)27(39)22-35-13-15-36(23-28(40)43-31(3,4)5)17-19-38(25-30(42)45-33(9,10)11)20-18-37(16-14-35)24-29(41)44-32(6,7)8/h26H,13-25H2,1-12H3. The van der Waals surface area contributed by atoms with Gasteiger partial charge in [0.05, 0.1) is 26.2 Å². The lowest BCUT2D eigenvalue weighted by atomic mass is 10.2. The summed E-state index contributed by atoms with van der Waals surface area (Å²) < 4.78 is 16.8. The monoisotopic (exact) mass is 641 g/mol. The van der Waals surface area contributed by atoms with Crippen LogP contribution in [0.3, 0.4) is 0 Å². The van der Waals surface area contributed by atoms with Crippen LogP contribution in [0.1, 0.15) is 76.2 Å². The second kappa shape index (κ2) is 18.2. The van der Waals surface area contributed by atoms with Crippen LogP contribution in [0, 0.1) is 5.92 Å². The van der Waals surface area contributed by atoms with Crippen LogP contribution in [-0.4, -0.2) is 157 Å². The van der Waals surface area contributed by atoms with Crippen molar-refractivity contribution in [3.05, 3.63) is 0 Å². The summed E-state index contributed by atoms with van der Waals surface area (Å²) >= 11 is 0. The van der Waals surface area contributed by atoms with Crippen molar-refractivity contribution in [3.63, 3.8) is 0 Å². The average Bonchev–Trinajstić information content (AvgIpc) is 2.81. The highest BCUT2D eigenvalue weighted by molar-refractivity contribution is 5.78. The van der Waals surface area contributed by atoms with E-state index >= 15 is 0 Å². The minimum Gasteiger partial charge on any atom is -0.459 e. The number of likely N-dealkylation sites (N-methyl/N-ethyl adjacent to an activating group) is 1. The zero-order valence-corrected chi connectivity index (χ0v) is 30.4. The fourth-order valence-corrected chi connectivity index (χ4v) is 4.84. The van der Waals surface area contributed by atoms with E-state index in [-0.39, 0.29) is 50.0 Å². The molecule has 262 valence electrons. The third-order valence-electron chi connectivity index (χ3n) is 6.67. The zero-order valence-electron chi connectivity index (χ0n) is 30.4. The Labute approximate surface area is 272 Å². The first-order chi connectivity index (χ1) is 20.5. The Morgan fingerprint density at radius 2 is 0.778 bits per heavy atom. The lowest BCUT2D eigenvalue weighted by Gasteiger charge is -2.34. The van der Waals surface area contributed by atoms with Gasteiger partial charge in [-0.05, 0) is 68.2 Å². The molecule has 0 aliphatic carbocycles. The van der Waals surface area contributed by atoms with Crippen LogP contribution in [0.15, 0.2) is 0 Å². The summed E-state index contributed by atoms with van der Waals surface area (Å²) in [4.78, 5) is 61.5. The van der Waals surface area contributed by atoms with Crippen molar-refractivity contribution in [2.24, 2.45) is 5.92 Å². The molecule has 0 atom stereocenters. The third kappa shape index (κ3) is 20.5. The minimum absolute atomic E-state index is 0.0247. The Morgan fingerprint density at radius 3 is 1.00 bits per heavy atom. The summed E-state index contributed by atoms with van der Waals surface area (Å²) in [6, 6.07) is 0. The van der Waals surface area contributed by atoms with Crippen LogP contribution >= 0.6 is 0 Å². The molecule has 45 heavy (non-hydrogen) atoms. The Hall–Kier alpha value is -2.28. The van der Waals surface area contributed by atoms with Crippen molar-refractivity contribution in [2.45, 2.75) is 93.0 Å². The molecule has 1 rings (SSSR count). The average molecular weight is 642 g/mol. The number of hydrogen-bond acceptors (Lipinski definition) is 11. The summed E-state index contributed by atoms with van der Waals surface area (Å²) in [5.74, 6) is -0.603. The molecule has 0 bridgehead atoms. The van der Waals surface area contributed by atoms with Crippen LogP contribution in [0.2, 0.25) is 0 Å². The molecule has 1 amide bonds. The predicted molar refractivity (Wildman–Crippen MR) is 176 cm³/mol. The van der Waals surface area contributed by atoms with Crippen molar-refractivity contribution in [3.8, 4) is 0 Å². The van der Waals surface area contributed by atoms with Gasteiger partial charge in [-0.2, -0.15) is 0 Å². The summed E-state index contributed by atoms with van der Waals surface area (Å²) in [7, 11) is 1.82. The molecule has 0 unspecified atom stereocenters. The van der Waals surface area contributed by atoms with Gasteiger partial charge >= 0.3 is 17.9 Å². The molecular weight excluding hydrogens is 578 g/mol. The Kier molecular flexibility index (Phi) is 16.4. The second-order valence-electron chi connectivity index (χ2n) is 15.5. The summed E-state index contributed by atoms with van der Waals surface area (Å²) in [5.41, 5.74) is -1.83. The van der Waals surface area contributed by atoms with E-state index in [0.717, 1.165) is 0 Å². The van der Waals surface area contributed by atoms with Crippen molar-refractivity contribution in [2.75, 3.05) is 92.1 Å². The fourth-order valence-electron chi connectivity index (χ4n) is 4.84. The van der Waals surface area contributed by atoms with E-state index in [2.05, 4.69) is 18.7 Å². The molecule has 0 spiro atoms. The van der Waals surface area contributed by atoms with Gasteiger partial charge in [0.1, 0.15) is 16.8 Å². The van der Waals surface area contributed by atoms with Gasteiger partial charge in [-0.1, -0.05) is 13.8 Å². The molecule has 0 saturated carbocycles. The van der Waals surface area contributed by atoms with Crippen LogP contribution in [0.5, 0.6) is 0 Å². The molecule has 1 aliphatic rings. The van der Waals surface area contributed by atoms with Crippen molar-refractivity contribution < 1.29 is 33.4 Å². The van der Waals surface area contributed by atoms with Gasteiger partial charge in [-0.15, -0.1) is 0 Å². The molecule has 0 aromatic heterocycles. The fraction of sp³-hybridized carbons (Fsp3) is 0.879. The van der Waals surface area contributed by atoms with E-state index in [1.54, 1.807) is 4.90 Å². The van der Waals surface area contributed by atoms with Gasteiger partial charge in [0.15, 0.2) is 0 Å². The van der Waals surface area contributed by atoms with Crippen LogP contribution in [0.25, 0.3) is 0 Å². The van der Waals surface area contributed by atoms with Gasteiger partial charge in [-0.25, -0.2) is 0 Å². The van der Waals surface area contributed by atoms with Gasteiger partial charge in [0.25, 0.3) is 0 Å². The molecular formula is C33H63N5O7. The first kappa shape index (κ1) is 40.7. The molecule has 12 nitrogen and oxygen atoms in total. The van der Waals surface area contributed by atoms with Crippen molar-refractivity contribution in [1.29, 1.82) is 0 Å². The van der Waals surface area contributed by atoms with Gasteiger partial charge in [-0.3, -0.25) is 38.8 Å². The van der Waals surface area contributed by atoms with E-state index in [1.165, 1.54) is 0 Å². The topological polar surface area (TPSA) is 112 Å². The summed E-state index contributed by atoms with van der Waals surface area (Å²) in [5, 5.41) is 0. The first-order valence-electron chi connectivity index (χ1n) is 16.3. The number of esters is 3. The highest BCUT2D eigenvalue weighted by Crippen LogP contribution is 2.11. The molecule has 1 aliphatic heterocycles. The second-order valence-corrected chi connectivity index (χ2v) is 15.5. The van der Waals surface area contributed by atoms with Crippen molar-refractivity contribution >= 4 is 23.8 Å². The molecule has 0 N–H and O–H groups in total. The van der Waals surface area contributed by atoms with Crippen LogP contribution < -0.4 is 0 Å². The number of nitrogens with zero attached hydrogens (tertiary/aromatic N) is 5. The minimum atomic E-state index is -0.612. The number of hydrogen-bond donors (Lipinski definition) is 0. The number of carbonyl (C=O) groups excluding carboxylic acids is 4. The van der Waals surface area contributed by atoms with E-state index < -0.39 is 16.8 Å². The van der Waals surface area contributed by atoms with Gasteiger partial charge < -0.3 is 19.1 Å². The SMILES string of the molecule is CC(C)CN(C)C(=O)CN1CCN(CC(=O)OC(C)(C)C)CCN(CC(=O)OC(C)(C)C)CCN(CC(=O)OC(C)(C)C)CC1. The largest absolute Gasteiger partial charge is 0.459 e. The Bertz CT molecular complexity index is 907. The van der Waals surface area contributed by atoms with E-state index in [0.29, 0.717) is 64.8 Å². The quantitative estimate of drug-likeness (QED) is 0.259.